The van der Waals surface area contributed by atoms with Crippen molar-refractivity contribution in [2.24, 2.45) is 0 Å². The summed E-state index contributed by atoms with van der Waals surface area (Å²) in [5, 5.41) is 8.42. The Labute approximate surface area is 84.1 Å². The first-order chi connectivity index (χ1) is 7.16. The number of nitrogens with zero attached hydrogens (tertiary/aromatic N) is 1. The molecule has 2 N–H and O–H groups in total. The van der Waals surface area contributed by atoms with E-state index in [1.807, 2.05) is 0 Å². The maximum Gasteiger partial charge on any atom is 0.328 e. The minimum atomic E-state index is -1.07. The first-order valence-electron chi connectivity index (χ1n) is 4.20. The van der Waals surface area contributed by atoms with Crippen LogP contribution in [0, 0.1) is 5.82 Å². The Kier molecular flexibility index (Phi) is 2.21. The molecule has 0 aliphatic carbocycles. The number of carboxylic acid groups (broad SMARTS) is 1. The fourth-order valence-corrected chi connectivity index (χ4v) is 1.29. The second-order valence-corrected chi connectivity index (χ2v) is 2.97. The van der Waals surface area contributed by atoms with E-state index < -0.39 is 11.8 Å². The highest BCUT2D eigenvalue weighted by molar-refractivity contribution is 5.86. The van der Waals surface area contributed by atoms with Crippen molar-refractivity contribution in [1.82, 2.24) is 9.97 Å². The Morgan fingerprint density at radius 2 is 2.33 bits per heavy atom. The summed E-state index contributed by atoms with van der Waals surface area (Å²) in [5.41, 5.74) is 1.27. The molecule has 0 saturated carbocycles. The molecule has 0 radical (unpaired) electrons. The van der Waals surface area contributed by atoms with Gasteiger partial charge in [0.15, 0.2) is 5.82 Å². The number of halogens is 1. The molecule has 1 aromatic heterocycles. The monoisotopic (exact) mass is 206 g/mol. The predicted octanol–water partition coefficient (Wildman–Crippen LogP) is 1.80. The zero-order valence-electron chi connectivity index (χ0n) is 7.57. The van der Waals surface area contributed by atoms with Crippen molar-refractivity contribution in [2.75, 3.05) is 0 Å². The van der Waals surface area contributed by atoms with Crippen LogP contribution in [0.15, 0.2) is 24.5 Å². The number of fused-ring (bicyclic) bond motifs is 1. The van der Waals surface area contributed by atoms with Crippen LogP contribution < -0.4 is 0 Å². The zero-order chi connectivity index (χ0) is 10.8. The van der Waals surface area contributed by atoms with Gasteiger partial charge in [0, 0.05) is 6.08 Å². The van der Waals surface area contributed by atoms with Gasteiger partial charge in [0.05, 0.1) is 11.8 Å². The van der Waals surface area contributed by atoms with Crippen LogP contribution in [0.2, 0.25) is 0 Å². The van der Waals surface area contributed by atoms with Crippen molar-refractivity contribution >= 4 is 23.1 Å². The first kappa shape index (κ1) is 9.39. The molecular formula is C10H7FN2O2. The highest BCUT2D eigenvalue weighted by Gasteiger charge is 2.04. The standard InChI is InChI=1S/C10H7FN2O2/c11-7-3-6(1-2-9(14)15)4-8-10(7)13-5-12-8/h1-5H,(H,12,13)(H,14,15)/b2-1+. The van der Waals surface area contributed by atoms with Gasteiger partial charge in [-0.1, -0.05) is 0 Å². The number of aromatic nitrogens is 2. The minimum Gasteiger partial charge on any atom is -0.478 e. The topological polar surface area (TPSA) is 66.0 Å². The molecule has 15 heavy (non-hydrogen) atoms. The molecule has 5 heteroatoms. The van der Waals surface area contributed by atoms with Crippen LogP contribution in [0.3, 0.4) is 0 Å². The normalized spacial score (nSPS) is 11.3. The van der Waals surface area contributed by atoms with E-state index in [-0.39, 0.29) is 5.52 Å². The van der Waals surface area contributed by atoms with E-state index in [0.29, 0.717) is 11.1 Å². The highest BCUT2D eigenvalue weighted by atomic mass is 19.1. The van der Waals surface area contributed by atoms with Crippen molar-refractivity contribution in [2.45, 2.75) is 0 Å². The van der Waals surface area contributed by atoms with Gasteiger partial charge in [-0.25, -0.2) is 14.2 Å². The number of aliphatic carboxylic acids is 1. The number of carbonyl (C=O) groups is 1. The van der Waals surface area contributed by atoms with Gasteiger partial charge in [0.1, 0.15) is 5.52 Å². The van der Waals surface area contributed by atoms with Crippen molar-refractivity contribution in [3.8, 4) is 0 Å². The lowest BCUT2D eigenvalue weighted by Gasteiger charge is -1.95. The number of hydrogen-bond donors (Lipinski definition) is 2. The summed E-state index contributed by atoms with van der Waals surface area (Å²) in [6.45, 7) is 0. The predicted molar refractivity (Wildman–Crippen MR) is 52.7 cm³/mol. The Morgan fingerprint density at radius 1 is 1.53 bits per heavy atom. The Bertz CT molecular complexity index is 545. The lowest BCUT2D eigenvalue weighted by molar-refractivity contribution is -0.131. The van der Waals surface area contributed by atoms with Crippen LogP contribution in [0.25, 0.3) is 17.1 Å². The summed E-state index contributed by atoms with van der Waals surface area (Å²) in [7, 11) is 0. The van der Waals surface area contributed by atoms with E-state index in [0.717, 1.165) is 6.08 Å². The first-order valence-corrected chi connectivity index (χ1v) is 4.20. The molecule has 0 unspecified atom stereocenters. The minimum absolute atomic E-state index is 0.252. The van der Waals surface area contributed by atoms with E-state index in [9.17, 15) is 9.18 Å². The molecule has 0 atom stereocenters. The number of nitrogens with one attached hydrogen (secondary N) is 1. The third kappa shape index (κ3) is 1.85. The molecule has 0 saturated heterocycles. The van der Waals surface area contributed by atoms with Crippen LogP contribution in [0.1, 0.15) is 5.56 Å². The van der Waals surface area contributed by atoms with E-state index in [1.54, 1.807) is 6.07 Å². The van der Waals surface area contributed by atoms with E-state index in [1.165, 1.54) is 18.5 Å². The number of imidazole rings is 1. The molecule has 0 aliphatic rings. The lowest BCUT2D eigenvalue weighted by Crippen LogP contribution is -1.86. The third-order valence-corrected chi connectivity index (χ3v) is 1.92. The lowest BCUT2D eigenvalue weighted by atomic mass is 10.2. The Morgan fingerprint density at radius 3 is 3.07 bits per heavy atom. The van der Waals surface area contributed by atoms with Crippen molar-refractivity contribution < 1.29 is 14.3 Å². The van der Waals surface area contributed by atoms with Gasteiger partial charge in [-0.2, -0.15) is 0 Å². The molecule has 0 fully saturated rings. The number of carboxylic acids is 1. The molecule has 2 aromatic rings. The second kappa shape index (κ2) is 3.53. The van der Waals surface area contributed by atoms with Gasteiger partial charge in [-0.05, 0) is 23.8 Å². The summed E-state index contributed by atoms with van der Waals surface area (Å²) in [6, 6.07) is 2.87. The summed E-state index contributed by atoms with van der Waals surface area (Å²) < 4.78 is 13.3. The van der Waals surface area contributed by atoms with Gasteiger partial charge in [0.2, 0.25) is 0 Å². The number of rotatable bonds is 2. The molecule has 1 heterocycles. The molecule has 0 amide bonds. The van der Waals surface area contributed by atoms with Crippen LogP contribution in [-0.2, 0) is 4.79 Å². The van der Waals surface area contributed by atoms with E-state index in [2.05, 4.69) is 9.97 Å². The number of hydrogen-bond acceptors (Lipinski definition) is 2. The summed E-state index contributed by atoms with van der Waals surface area (Å²) in [5.74, 6) is -1.54. The van der Waals surface area contributed by atoms with E-state index >= 15 is 0 Å². The van der Waals surface area contributed by atoms with Crippen LogP contribution in [0.5, 0.6) is 0 Å². The molecule has 2 rings (SSSR count). The highest BCUT2D eigenvalue weighted by Crippen LogP contribution is 2.17. The van der Waals surface area contributed by atoms with Gasteiger partial charge < -0.3 is 10.1 Å². The van der Waals surface area contributed by atoms with Crippen LogP contribution in [0.4, 0.5) is 4.39 Å². The average Bonchev–Trinajstić information content (AvgIpc) is 2.63. The molecule has 4 nitrogen and oxygen atoms in total. The maximum absolute atomic E-state index is 13.3. The summed E-state index contributed by atoms with van der Waals surface area (Å²) >= 11 is 0. The number of H-pyrrole nitrogens is 1. The SMILES string of the molecule is O=C(O)/C=C/c1cc(F)c2nc[nH]c2c1. The quantitative estimate of drug-likeness (QED) is 0.736. The van der Waals surface area contributed by atoms with Crippen molar-refractivity contribution in [3.05, 3.63) is 35.9 Å². The summed E-state index contributed by atoms with van der Waals surface area (Å²) in [4.78, 5) is 16.8. The second-order valence-electron chi connectivity index (χ2n) is 2.97. The molecular weight excluding hydrogens is 199 g/mol. The Balaban J connectivity index is 2.49. The molecule has 1 aromatic carbocycles. The molecule has 0 bridgehead atoms. The van der Waals surface area contributed by atoms with Crippen molar-refractivity contribution in [3.63, 3.8) is 0 Å². The largest absolute Gasteiger partial charge is 0.478 e. The van der Waals surface area contributed by atoms with Crippen LogP contribution >= 0.6 is 0 Å². The maximum atomic E-state index is 13.3. The number of benzene rings is 1. The average molecular weight is 206 g/mol. The molecule has 76 valence electrons. The zero-order valence-corrected chi connectivity index (χ0v) is 7.57. The van der Waals surface area contributed by atoms with Crippen molar-refractivity contribution in [1.29, 1.82) is 0 Å². The summed E-state index contributed by atoms with van der Waals surface area (Å²) in [6.07, 6.45) is 3.67. The molecule has 0 aliphatic heterocycles. The smallest absolute Gasteiger partial charge is 0.328 e. The van der Waals surface area contributed by atoms with Gasteiger partial charge in [0.25, 0.3) is 0 Å². The Hall–Kier alpha value is -2.17. The van der Waals surface area contributed by atoms with Gasteiger partial charge >= 0.3 is 5.97 Å². The fourth-order valence-electron chi connectivity index (χ4n) is 1.29. The van der Waals surface area contributed by atoms with E-state index in [4.69, 9.17) is 5.11 Å². The third-order valence-electron chi connectivity index (χ3n) is 1.92. The fraction of sp³-hybridized carbons (Fsp3) is 0. The van der Waals surface area contributed by atoms with Gasteiger partial charge in [-0.3, -0.25) is 0 Å². The molecule has 0 spiro atoms. The number of aromatic amines is 1. The van der Waals surface area contributed by atoms with Gasteiger partial charge in [-0.15, -0.1) is 0 Å². The van der Waals surface area contributed by atoms with Crippen LogP contribution in [-0.4, -0.2) is 21.0 Å².